The first-order valence-electron chi connectivity index (χ1n) is 28.5. The van der Waals surface area contributed by atoms with E-state index in [-0.39, 0.29) is 31.1 Å². The van der Waals surface area contributed by atoms with Crippen molar-refractivity contribution in [2.24, 2.45) is 0 Å². The van der Waals surface area contributed by atoms with Crippen LogP contribution in [0.15, 0.2) is 36.5 Å². The Morgan fingerprint density at radius 2 is 0.600 bits per heavy atom. The van der Waals surface area contributed by atoms with E-state index in [1.54, 1.807) is 0 Å². The van der Waals surface area contributed by atoms with Crippen LogP contribution in [0.3, 0.4) is 0 Å². The minimum absolute atomic E-state index is 0.0744. The van der Waals surface area contributed by atoms with E-state index in [2.05, 4.69) is 57.2 Å². The second kappa shape index (κ2) is 54.2. The highest BCUT2D eigenvalue weighted by molar-refractivity contribution is 5.71. The lowest BCUT2D eigenvalue weighted by molar-refractivity contribution is -0.167. The Kier molecular flexibility index (Phi) is 52.3. The molecule has 380 valence electrons. The minimum atomic E-state index is -0.776. The van der Waals surface area contributed by atoms with Gasteiger partial charge in [0.1, 0.15) is 13.2 Å². The van der Waals surface area contributed by atoms with Crippen molar-refractivity contribution < 1.29 is 28.6 Å². The summed E-state index contributed by atoms with van der Waals surface area (Å²) < 4.78 is 16.9. The third-order valence-corrected chi connectivity index (χ3v) is 12.7. The number of carbonyl (C=O) groups is 3. The van der Waals surface area contributed by atoms with Crippen LogP contribution in [0, 0.1) is 0 Å². The zero-order valence-electron chi connectivity index (χ0n) is 43.5. The van der Waals surface area contributed by atoms with Gasteiger partial charge in [0.2, 0.25) is 0 Å². The first-order valence-corrected chi connectivity index (χ1v) is 28.5. The lowest BCUT2D eigenvalue weighted by atomic mass is 10.0. The maximum Gasteiger partial charge on any atom is 0.306 e. The van der Waals surface area contributed by atoms with Gasteiger partial charge in [-0.05, 0) is 51.4 Å². The molecule has 0 rings (SSSR count). The summed E-state index contributed by atoms with van der Waals surface area (Å²) in [6.07, 6.45) is 64.2. The van der Waals surface area contributed by atoms with E-state index in [0.717, 1.165) is 89.9 Å². The maximum absolute atomic E-state index is 12.8. The van der Waals surface area contributed by atoms with Gasteiger partial charge in [0, 0.05) is 19.3 Å². The molecular weight excluding hydrogens is 805 g/mol. The smallest absolute Gasteiger partial charge is 0.306 e. The highest BCUT2D eigenvalue weighted by Gasteiger charge is 2.19. The van der Waals surface area contributed by atoms with E-state index in [0.29, 0.717) is 19.3 Å². The first-order chi connectivity index (χ1) is 32.0. The average molecular weight is 914 g/mol. The van der Waals surface area contributed by atoms with Crippen molar-refractivity contribution >= 4 is 17.9 Å². The molecule has 0 aliphatic rings. The van der Waals surface area contributed by atoms with Gasteiger partial charge in [0.05, 0.1) is 0 Å². The summed E-state index contributed by atoms with van der Waals surface area (Å²) >= 11 is 0. The number of ether oxygens (including phenoxy) is 3. The van der Waals surface area contributed by atoms with Crippen LogP contribution in [0.5, 0.6) is 0 Å². The lowest BCUT2D eigenvalue weighted by Crippen LogP contribution is -2.30. The molecule has 0 bridgehead atoms. The summed E-state index contributed by atoms with van der Waals surface area (Å²) in [5.74, 6) is -0.878. The Bertz CT molecular complexity index is 1090. The van der Waals surface area contributed by atoms with Crippen LogP contribution in [0.1, 0.15) is 303 Å². The number of esters is 3. The molecule has 0 N–H and O–H groups in total. The molecule has 0 aromatic carbocycles. The van der Waals surface area contributed by atoms with Crippen molar-refractivity contribution in [1.82, 2.24) is 0 Å². The van der Waals surface area contributed by atoms with Crippen molar-refractivity contribution in [1.29, 1.82) is 0 Å². The van der Waals surface area contributed by atoms with Crippen LogP contribution in [0.4, 0.5) is 0 Å². The lowest BCUT2D eigenvalue weighted by Gasteiger charge is -2.18. The van der Waals surface area contributed by atoms with E-state index in [9.17, 15) is 14.4 Å². The molecule has 1 unspecified atom stereocenters. The van der Waals surface area contributed by atoms with Gasteiger partial charge in [-0.3, -0.25) is 14.4 Å². The number of rotatable bonds is 52. The molecule has 0 amide bonds. The van der Waals surface area contributed by atoms with E-state index < -0.39 is 6.10 Å². The van der Waals surface area contributed by atoms with Gasteiger partial charge in [-0.2, -0.15) is 0 Å². The average Bonchev–Trinajstić information content (AvgIpc) is 3.30. The molecule has 1 atom stereocenters. The second-order valence-corrected chi connectivity index (χ2v) is 19.2. The zero-order chi connectivity index (χ0) is 47.2. The fourth-order valence-electron chi connectivity index (χ4n) is 8.40. The van der Waals surface area contributed by atoms with Crippen LogP contribution >= 0.6 is 0 Å². The molecule has 0 saturated heterocycles. The van der Waals surface area contributed by atoms with Gasteiger partial charge in [0.25, 0.3) is 0 Å². The van der Waals surface area contributed by atoms with Crippen molar-refractivity contribution in [2.75, 3.05) is 13.2 Å². The fraction of sp³-hybridized carbons (Fsp3) is 0.847. The second-order valence-electron chi connectivity index (χ2n) is 19.2. The highest BCUT2D eigenvalue weighted by atomic mass is 16.6. The van der Waals surface area contributed by atoms with Crippen molar-refractivity contribution in [3.8, 4) is 0 Å². The van der Waals surface area contributed by atoms with Gasteiger partial charge in [-0.25, -0.2) is 0 Å². The monoisotopic (exact) mass is 913 g/mol. The molecule has 0 aliphatic heterocycles. The Labute approximate surface area is 404 Å². The number of unbranched alkanes of at least 4 members (excludes halogenated alkanes) is 35. The zero-order valence-corrected chi connectivity index (χ0v) is 43.5. The van der Waals surface area contributed by atoms with Crippen LogP contribution in [-0.2, 0) is 28.6 Å². The van der Waals surface area contributed by atoms with E-state index >= 15 is 0 Å². The summed E-state index contributed by atoms with van der Waals surface area (Å²) in [6, 6.07) is 0. The molecule has 0 saturated carbocycles. The van der Waals surface area contributed by atoms with Crippen LogP contribution in [0.25, 0.3) is 0 Å². The molecular formula is C59H108O6. The third-order valence-electron chi connectivity index (χ3n) is 12.7. The van der Waals surface area contributed by atoms with Crippen molar-refractivity contribution in [3.05, 3.63) is 36.5 Å². The normalized spacial score (nSPS) is 12.2. The molecule has 6 heteroatoms. The topological polar surface area (TPSA) is 78.9 Å². The van der Waals surface area contributed by atoms with Gasteiger partial charge >= 0.3 is 17.9 Å². The Balaban J connectivity index is 4.34. The number of hydrogen-bond donors (Lipinski definition) is 0. The molecule has 0 spiro atoms. The predicted octanol–water partition coefficient (Wildman–Crippen LogP) is 18.9. The number of hydrogen-bond acceptors (Lipinski definition) is 6. The molecule has 0 aromatic rings. The van der Waals surface area contributed by atoms with Crippen molar-refractivity contribution in [2.45, 2.75) is 309 Å². The molecule has 0 aliphatic carbocycles. The highest BCUT2D eigenvalue weighted by Crippen LogP contribution is 2.17. The fourth-order valence-corrected chi connectivity index (χ4v) is 8.40. The quantitative estimate of drug-likeness (QED) is 0.0262. The maximum atomic E-state index is 12.8. The SMILES string of the molecule is CC/C=C\C/C=C\C/C=C\CCCCCCC(=O)OCC(COC(=O)CCCCCCCCCCCCCCCCCCC)OC(=O)CCCCCCCCCCCCCCCCCC. The molecule has 0 heterocycles. The van der Waals surface area contributed by atoms with E-state index in [1.807, 2.05) is 0 Å². The molecule has 0 fully saturated rings. The minimum Gasteiger partial charge on any atom is -0.462 e. The Morgan fingerprint density at radius 1 is 0.323 bits per heavy atom. The Morgan fingerprint density at radius 3 is 0.938 bits per heavy atom. The molecule has 0 radical (unpaired) electrons. The van der Waals surface area contributed by atoms with E-state index in [1.165, 1.54) is 173 Å². The van der Waals surface area contributed by atoms with Gasteiger partial charge < -0.3 is 14.2 Å². The molecule has 65 heavy (non-hydrogen) atoms. The van der Waals surface area contributed by atoms with E-state index in [4.69, 9.17) is 14.2 Å². The van der Waals surface area contributed by atoms with Crippen LogP contribution in [0.2, 0.25) is 0 Å². The Hall–Kier alpha value is -2.37. The summed E-state index contributed by atoms with van der Waals surface area (Å²) in [5, 5.41) is 0. The summed E-state index contributed by atoms with van der Waals surface area (Å²) in [4.78, 5) is 38.1. The first kappa shape index (κ1) is 62.6. The van der Waals surface area contributed by atoms with Gasteiger partial charge in [-0.15, -0.1) is 0 Å². The predicted molar refractivity (Wildman–Crippen MR) is 279 cm³/mol. The number of carbonyl (C=O) groups excluding carboxylic acids is 3. The summed E-state index contributed by atoms with van der Waals surface area (Å²) in [6.45, 7) is 6.55. The van der Waals surface area contributed by atoms with Crippen molar-refractivity contribution in [3.63, 3.8) is 0 Å². The van der Waals surface area contributed by atoms with Gasteiger partial charge in [-0.1, -0.05) is 269 Å². The summed E-state index contributed by atoms with van der Waals surface area (Å²) in [5.41, 5.74) is 0. The molecule has 0 aromatic heterocycles. The summed E-state index contributed by atoms with van der Waals surface area (Å²) in [7, 11) is 0. The largest absolute Gasteiger partial charge is 0.462 e. The van der Waals surface area contributed by atoms with Crippen LogP contribution < -0.4 is 0 Å². The molecule has 6 nitrogen and oxygen atoms in total. The van der Waals surface area contributed by atoms with Gasteiger partial charge in [0.15, 0.2) is 6.10 Å². The van der Waals surface area contributed by atoms with Crippen LogP contribution in [-0.4, -0.2) is 37.2 Å². The number of allylic oxidation sites excluding steroid dienone is 6. The standard InChI is InChI=1S/C59H108O6/c1-4-7-10-13-16-19-22-25-28-30-32-34-37-40-43-46-49-52-58(61)64-55-56(54-63-57(60)51-48-45-42-39-36-33-27-24-21-18-15-12-9-6-3)65-59(62)53-50-47-44-41-38-35-31-29-26-23-20-17-14-11-8-5-2/h9,12,18,21,27,33,56H,4-8,10-11,13-17,19-20,22-26,28-32,34-55H2,1-3H3/b12-9-,21-18-,33-27-. The third kappa shape index (κ3) is 52.5.